The molecule has 0 radical (unpaired) electrons. The summed E-state index contributed by atoms with van der Waals surface area (Å²) < 4.78 is 11.2. The molecule has 1 amide bonds. The highest BCUT2D eigenvalue weighted by molar-refractivity contribution is 7.12. The number of benzene rings is 1. The second kappa shape index (κ2) is 7.57. The second-order valence-electron chi connectivity index (χ2n) is 5.71. The van der Waals surface area contributed by atoms with E-state index in [1.165, 1.54) is 0 Å². The van der Waals surface area contributed by atoms with Crippen LogP contribution in [0.2, 0.25) is 0 Å². The number of thiophene rings is 1. The Labute approximate surface area is 149 Å². The summed E-state index contributed by atoms with van der Waals surface area (Å²) in [6, 6.07) is 7.33. The van der Waals surface area contributed by atoms with Gasteiger partial charge in [0, 0.05) is 6.54 Å². The van der Waals surface area contributed by atoms with E-state index in [2.05, 4.69) is 5.32 Å². The van der Waals surface area contributed by atoms with E-state index in [0.29, 0.717) is 25.2 Å². The summed E-state index contributed by atoms with van der Waals surface area (Å²) in [5.41, 5.74) is 1.56. The van der Waals surface area contributed by atoms with Crippen LogP contribution < -0.4 is 14.8 Å². The third kappa shape index (κ3) is 3.93. The molecule has 2 N–H and O–H groups in total. The fourth-order valence-corrected chi connectivity index (χ4v) is 3.55. The van der Waals surface area contributed by atoms with Crippen molar-refractivity contribution in [3.63, 3.8) is 0 Å². The molecule has 3 rings (SSSR count). The predicted molar refractivity (Wildman–Crippen MR) is 93.4 cm³/mol. The van der Waals surface area contributed by atoms with Gasteiger partial charge in [0.15, 0.2) is 0 Å². The molecule has 1 unspecified atom stereocenters. The third-order valence-electron chi connectivity index (χ3n) is 4.01. The highest BCUT2D eigenvalue weighted by Gasteiger charge is 2.26. The largest absolute Gasteiger partial charge is 0.494 e. The van der Waals surface area contributed by atoms with Gasteiger partial charge in [-0.1, -0.05) is 0 Å². The average Bonchev–Trinajstić information content (AvgIpc) is 3.08. The molecular weight excluding hydrogens is 342 g/mol. The summed E-state index contributed by atoms with van der Waals surface area (Å²) in [4.78, 5) is 23.8. The van der Waals surface area contributed by atoms with Gasteiger partial charge in [0.1, 0.15) is 23.0 Å². The Morgan fingerprint density at radius 2 is 2.24 bits per heavy atom. The van der Waals surface area contributed by atoms with Gasteiger partial charge in [-0.05, 0) is 54.1 Å². The van der Waals surface area contributed by atoms with Crippen LogP contribution in [0, 0.1) is 5.92 Å². The minimum atomic E-state index is -0.974. The Hall–Kier alpha value is -2.54. The lowest BCUT2D eigenvalue weighted by Gasteiger charge is -2.25. The van der Waals surface area contributed by atoms with E-state index in [0.717, 1.165) is 28.4 Å². The van der Waals surface area contributed by atoms with E-state index in [-0.39, 0.29) is 23.2 Å². The van der Waals surface area contributed by atoms with Crippen molar-refractivity contribution < 1.29 is 24.2 Å². The third-order valence-corrected chi connectivity index (χ3v) is 4.96. The normalized spacial score (nSPS) is 15.8. The van der Waals surface area contributed by atoms with Crippen LogP contribution in [0.25, 0.3) is 0 Å². The predicted octanol–water partition coefficient (Wildman–Crippen LogP) is 2.71. The molecule has 1 atom stereocenters. The standard InChI is InChI=1S/C18H19NO5S/c1-2-23-14-3-4-15-12(8-14)7-13(10-24-15)17(20)19-9-11-5-6-25-16(11)18(21)22/h3-6,8,13H,2,7,9-10H2,1H3,(H,19,20)(H,21,22). The maximum atomic E-state index is 12.4. The first kappa shape index (κ1) is 17.3. The van der Waals surface area contributed by atoms with Crippen molar-refractivity contribution in [3.05, 3.63) is 45.6 Å². The first-order chi connectivity index (χ1) is 12.1. The van der Waals surface area contributed by atoms with Gasteiger partial charge < -0.3 is 19.9 Å². The minimum Gasteiger partial charge on any atom is -0.494 e. The molecule has 1 aliphatic heterocycles. The Bertz CT molecular complexity index is 786. The molecule has 0 aliphatic carbocycles. The first-order valence-electron chi connectivity index (χ1n) is 8.04. The smallest absolute Gasteiger partial charge is 0.346 e. The maximum absolute atomic E-state index is 12.4. The summed E-state index contributed by atoms with van der Waals surface area (Å²) in [5, 5.41) is 13.6. The molecule has 0 spiro atoms. The van der Waals surface area contributed by atoms with E-state index in [9.17, 15) is 9.59 Å². The molecule has 0 fully saturated rings. The van der Waals surface area contributed by atoms with Gasteiger partial charge in [-0.3, -0.25) is 4.79 Å². The Balaban J connectivity index is 1.63. The Morgan fingerprint density at radius 1 is 1.40 bits per heavy atom. The van der Waals surface area contributed by atoms with E-state index in [4.69, 9.17) is 14.6 Å². The van der Waals surface area contributed by atoms with Crippen molar-refractivity contribution in [1.82, 2.24) is 5.32 Å². The van der Waals surface area contributed by atoms with E-state index < -0.39 is 5.97 Å². The van der Waals surface area contributed by atoms with Crippen molar-refractivity contribution in [3.8, 4) is 11.5 Å². The Morgan fingerprint density at radius 3 is 3.00 bits per heavy atom. The topological polar surface area (TPSA) is 84.9 Å². The van der Waals surface area contributed by atoms with E-state index in [1.807, 2.05) is 25.1 Å². The van der Waals surface area contributed by atoms with Crippen molar-refractivity contribution in [1.29, 1.82) is 0 Å². The molecule has 2 heterocycles. The molecule has 2 aromatic rings. The number of rotatable bonds is 6. The molecule has 6 nitrogen and oxygen atoms in total. The van der Waals surface area contributed by atoms with E-state index >= 15 is 0 Å². The number of ether oxygens (including phenoxy) is 2. The lowest BCUT2D eigenvalue weighted by atomic mass is 9.95. The van der Waals surface area contributed by atoms with E-state index in [1.54, 1.807) is 11.4 Å². The summed E-state index contributed by atoms with van der Waals surface area (Å²) in [6.07, 6.45) is 0.567. The lowest BCUT2D eigenvalue weighted by molar-refractivity contribution is -0.126. The Kier molecular flexibility index (Phi) is 5.23. The first-order valence-corrected chi connectivity index (χ1v) is 8.92. The molecule has 0 saturated carbocycles. The van der Waals surface area contributed by atoms with Crippen LogP contribution in [0.1, 0.15) is 27.7 Å². The van der Waals surface area contributed by atoms with Gasteiger partial charge in [0.2, 0.25) is 5.91 Å². The molecule has 1 aliphatic rings. The number of carboxylic acid groups (broad SMARTS) is 1. The van der Waals surface area contributed by atoms with Crippen LogP contribution >= 0.6 is 11.3 Å². The zero-order valence-electron chi connectivity index (χ0n) is 13.8. The summed E-state index contributed by atoms with van der Waals surface area (Å²) in [6.45, 7) is 3.01. The van der Waals surface area contributed by atoms with Crippen molar-refractivity contribution in [2.45, 2.75) is 19.9 Å². The molecule has 0 bridgehead atoms. The molecular formula is C18H19NO5S. The van der Waals surface area contributed by atoms with Gasteiger partial charge >= 0.3 is 5.97 Å². The maximum Gasteiger partial charge on any atom is 0.346 e. The summed E-state index contributed by atoms with van der Waals surface area (Å²) in [5.74, 6) is 0.109. The number of fused-ring (bicyclic) bond motifs is 1. The summed E-state index contributed by atoms with van der Waals surface area (Å²) >= 11 is 1.15. The quantitative estimate of drug-likeness (QED) is 0.826. The van der Waals surface area contributed by atoms with Crippen LogP contribution in [0.3, 0.4) is 0 Å². The number of nitrogens with one attached hydrogen (secondary N) is 1. The summed E-state index contributed by atoms with van der Waals surface area (Å²) in [7, 11) is 0. The number of aromatic carboxylic acids is 1. The fraction of sp³-hybridized carbons (Fsp3) is 0.333. The number of carbonyl (C=O) groups is 2. The van der Waals surface area contributed by atoms with Gasteiger partial charge in [0.25, 0.3) is 0 Å². The van der Waals surface area contributed by atoms with Gasteiger partial charge in [0.05, 0.1) is 12.5 Å². The molecule has 25 heavy (non-hydrogen) atoms. The fourth-order valence-electron chi connectivity index (χ4n) is 2.78. The van der Waals surface area contributed by atoms with Gasteiger partial charge in [-0.15, -0.1) is 11.3 Å². The van der Waals surface area contributed by atoms with Crippen LogP contribution in [0.4, 0.5) is 0 Å². The molecule has 7 heteroatoms. The highest BCUT2D eigenvalue weighted by Crippen LogP contribution is 2.31. The monoisotopic (exact) mass is 361 g/mol. The zero-order chi connectivity index (χ0) is 17.8. The van der Waals surface area contributed by atoms with Crippen LogP contribution in [-0.2, 0) is 17.8 Å². The van der Waals surface area contributed by atoms with Gasteiger partial charge in [-0.2, -0.15) is 0 Å². The van der Waals surface area contributed by atoms with Crippen LogP contribution in [0.15, 0.2) is 29.6 Å². The molecule has 0 saturated heterocycles. The van der Waals surface area contributed by atoms with Crippen molar-refractivity contribution >= 4 is 23.2 Å². The zero-order valence-corrected chi connectivity index (χ0v) is 14.6. The number of amides is 1. The highest BCUT2D eigenvalue weighted by atomic mass is 32.1. The van der Waals surface area contributed by atoms with Crippen molar-refractivity contribution in [2.24, 2.45) is 5.92 Å². The van der Waals surface area contributed by atoms with Crippen LogP contribution in [0.5, 0.6) is 11.5 Å². The van der Waals surface area contributed by atoms with Gasteiger partial charge in [-0.25, -0.2) is 4.79 Å². The minimum absolute atomic E-state index is 0.144. The number of carbonyl (C=O) groups excluding carboxylic acids is 1. The number of hydrogen-bond donors (Lipinski definition) is 2. The average molecular weight is 361 g/mol. The molecule has 1 aromatic carbocycles. The van der Waals surface area contributed by atoms with Crippen molar-refractivity contribution in [2.75, 3.05) is 13.2 Å². The van der Waals surface area contributed by atoms with Crippen LogP contribution in [-0.4, -0.2) is 30.2 Å². The lowest BCUT2D eigenvalue weighted by Crippen LogP contribution is -2.37. The number of hydrogen-bond acceptors (Lipinski definition) is 5. The molecule has 1 aromatic heterocycles. The molecule has 132 valence electrons. The number of carboxylic acids is 1. The SMILES string of the molecule is CCOc1ccc2c(c1)CC(C(=O)NCc1ccsc1C(=O)O)CO2. The second-order valence-corrected chi connectivity index (χ2v) is 6.63.